The zero-order chi connectivity index (χ0) is 14.8. The fourth-order valence-electron chi connectivity index (χ4n) is 2.51. The van der Waals surface area contributed by atoms with E-state index in [1.54, 1.807) is 11.4 Å². The summed E-state index contributed by atoms with van der Waals surface area (Å²) < 4.78 is 12.2. The van der Waals surface area contributed by atoms with Crippen molar-refractivity contribution in [1.29, 1.82) is 0 Å². The van der Waals surface area contributed by atoms with Crippen LogP contribution < -0.4 is 0 Å². The van der Waals surface area contributed by atoms with Crippen LogP contribution >= 0.6 is 11.8 Å². The predicted octanol–water partition coefficient (Wildman–Crippen LogP) is 2.08. The van der Waals surface area contributed by atoms with Crippen molar-refractivity contribution in [3.63, 3.8) is 0 Å². The Kier molecular flexibility index (Phi) is 4.40. The molecule has 1 saturated heterocycles. The molecule has 3 aliphatic rings. The second kappa shape index (κ2) is 6.28. The van der Waals surface area contributed by atoms with Gasteiger partial charge in [0.1, 0.15) is 6.29 Å². The van der Waals surface area contributed by atoms with Crippen molar-refractivity contribution in [2.24, 2.45) is 11.8 Å². The van der Waals surface area contributed by atoms with Crippen molar-refractivity contribution in [3.05, 3.63) is 46.6 Å². The highest BCUT2D eigenvalue weighted by Gasteiger charge is 2.27. The Hall–Kier alpha value is -1.20. The van der Waals surface area contributed by atoms with Gasteiger partial charge < -0.3 is 14.1 Å². The molecule has 0 aromatic carbocycles. The van der Waals surface area contributed by atoms with E-state index in [4.69, 9.17) is 5.11 Å². The van der Waals surface area contributed by atoms with E-state index in [0.29, 0.717) is 17.4 Å². The molecule has 0 amide bonds. The van der Waals surface area contributed by atoms with E-state index in [9.17, 15) is 9.00 Å². The van der Waals surface area contributed by atoms with Crippen molar-refractivity contribution < 1.29 is 14.1 Å². The molecule has 0 spiro atoms. The number of carbonyl (C=O) groups excluding carboxylic acids is 1. The Bertz CT molecular complexity index is 644. The third kappa shape index (κ3) is 3.52. The zero-order valence-electron chi connectivity index (χ0n) is 11.5. The monoisotopic (exact) mass is 322 g/mol. The lowest BCUT2D eigenvalue weighted by Crippen LogP contribution is -2.12. The standard InChI is InChI=1S/C16H17O3S2/c17-9-11-4-5-21(19)16(6-11)12-2-1-3-15(18)13(7-12)8-14-10-20-14/h1-3,5-7,9,11-12,14,18H,4,8,10H2/q-1/p+1. The number of allylic oxidation sites excluding steroid dienone is 7. The van der Waals surface area contributed by atoms with Crippen LogP contribution in [0.4, 0.5) is 0 Å². The quantitative estimate of drug-likeness (QED) is 0.262. The van der Waals surface area contributed by atoms with Gasteiger partial charge in [0, 0.05) is 28.6 Å². The van der Waals surface area contributed by atoms with Gasteiger partial charge >= 0.3 is 0 Å². The van der Waals surface area contributed by atoms with Gasteiger partial charge in [0.05, 0.1) is 0 Å². The average Bonchev–Trinajstić information content (AvgIpc) is 3.30. The van der Waals surface area contributed by atoms with Crippen LogP contribution in [-0.2, 0) is 19.4 Å². The van der Waals surface area contributed by atoms with E-state index >= 15 is 0 Å². The molecule has 2 heterocycles. The second-order valence-corrected chi connectivity index (χ2v) is 8.14. The van der Waals surface area contributed by atoms with Crippen molar-refractivity contribution in [2.45, 2.75) is 18.1 Å². The molecule has 0 radical (unpaired) electrons. The molecule has 0 bridgehead atoms. The normalized spacial score (nSPS) is 32.4. The SMILES string of the molecule is O=CC1C=C(C2C=CC=C([OH2+])C(CC3CS3)=C2)[S-](=O)=CC1. The third-order valence-corrected chi connectivity index (χ3v) is 6.13. The third-order valence-electron chi connectivity index (χ3n) is 3.79. The van der Waals surface area contributed by atoms with Crippen LogP contribution in [0, 0.1) is 11.8 Å². The molecule has 21 heavy (non-hydrogen) atoms. The van der Waals surface area contributed by atoms with Gasteiger partial charge in [0.2, 0.25) is 0 Å². The first-order chi connectivity index (χ1) is 10.2. The summed E-state index contributed by atoms with van der Waals surface area (Å²) in [5.74, 6) is 1.45. The summed E-state index contributed by atoms with van der Waals surface area (Å²) in [5, 5.41) is 10.4. The molecule has 2 aliphatic heterocycles. The van der Waals surface area contributed by atoms with Crippen LogP contribution in [0.25, 0.3) is 0 Å². The highest BCUT2D eigenvalue weighted by atomic mass is 32.2. The maximum atomic E-state index is 12.2. The Balaban J connectivity index is 1.91. The van der Waals surface area contributed by atoms with Crippen LogP contribution in [0.15, 0.2) is 46.6 Å². The summed E-state index contributed by atoms with van der Waals surface area (Å²) >= 11 is 1.91. The average molecular weight is 322 g/mol. The molecule has 1 fully saturated rings. The lowest BCUT2D eigenvalue weighted by molar-refractivity contribution is -0.109. The lowest BCUT2D eigenvalue weighted by Gasteiger charge is -2.24. The van der Waals surface area contributed by atoms with E-state index in [0.717, 1.165) is 23.2 Å². The Morgan fingerprint density at radius 3 is 2.95 bits per heavy atom. The Morgan fingerprint density at radius 1 is 1.43 bits per heavy atom. The molecule has 5 heteroatoms. The first-order valence-electron chi connectivity index (χ1n) is 7.01. The van der Waals surface area contributed by atoms with Crippen molar-refractivity contribution in [3.8, 4) is 0 Å². The second-order valence-electron chi connectivity index (χ2n) is 5.41. The molecule has 0 aromatic heterocycles. The van der Waals surface area contributed by atoms with Crippen LogP contribution in [-0.4, -0.2) is 27.8 Å². The van der Waals surface area contributed by atoms with Gasteiger partial charge in [-0.2, -0.15) is 17.1 Å². The van der Waals surface area contributed by atoms with Gasteiger partial charge in [-0.15, -0.1) is 4.91 Å². The van der Waals surface area contributed by atoms with E-state index in [-0.39, 0.29) is 11.8 Å². The molecule has 1 aliphatic carbocycles. The van der Waals surface area contributed by atoms with E-state index in [2.05, 4.69) is 0 Å². The number of hydrogen-bond donors (Lipinski definition) is 0. The van der Waals surface area contributed by atoms with Crippen LogP contribution in [0.2, 0.25) is 0 Å². The first-order valence-corrected chi connectivity index (χ1v) is 9.27. The maximum Gasteiger partial charge on any atom is 0.256 e. The molecule has 0 aromatic rings. The Labute approximate surface area is 130 Å². The molecule has 0 saturated carbocycles. The van der Waals surface area contributed by atoms with Crippen molar-refractivity contribution in [2.75, 3.05) is 5.75 Å². The first kappa shape index (κ1) is 14.7. The smallest absolute Gasteiger partial charge is 0.256 e. The van der Waals surface area contributed by atoms with Gasteiger partial charge in [-0.25, -0.2) is 0 Å². The topological polar surface area (TPSA) is 57.0 Å². The molecule has 2 N–H and O–H groups in total. The summed E-state index contributed by atoms with van der Waals surface area (Å²) in [5.41, 5.74) is 1.02. The van der Waals surface area contributed by atoms with Gasteiger partial charge in [-0.1, -0.05) is 24.3 Å². The Morgan fingerprint density at radius 2 is 2.24 bits per heavy atom. The molecule has 3 rings (SSSR count). The number of thioether (sulfide) groups is 1. The minimum absolute atomic E-state index is 0.0808. The highest BCUT2D eigenvalue weighted by Crippen LogP contribution is 2.38. The number of carbonyl (C=O) groups is 1. The molecular formula is C16H18O3S2. The van der Waals surface area contributed by atoms with Crippen molar-refractivity contribution >= 4 is 33.8 Å². The highest BCUT2D eigenvalue weighted by molar-refractivity contribution is 8.06. The van der Waals surface area contributed by atoms with Gasteiger partial charge in [-0.3, -0.25) is 10.4 Å². The maximum absolute atomic E-state index is 12.2. The predicted molar refractivity (Wildman–Crippen MR) is 89.6 cm³/mol. The fourth-order valence-corrected chi connectivity index (χ4v) is 4.37. The fraction of sp³-hybridized carbons (Fsp3) is 0.375. The molecular weight excluding hydrogens is 304 g/mol. The molecule has 112 valence electrons. The van der Waals surface area contributed by atoms with E-state index < -0.39 is 10.4 Å². The van der Waals surface area contributed by atoms with E-state index in [1.165, 1.54) is 5.75 Å². The summed E-state index contributed by atoms with van der Waals surface area (Å²) in [6, 6.07) is 0. The van der Waals surface area contributed by atoms with Gasteiger partial charge in [0.15, 0.2) is 0 Å². The lowest BCUT2D eigenvalue weighted by atomic mass is 9.99. The zero-order valence-corrected chi connectivity index (χ0v) is 13.2. The van der Waals surface area contributed by atoms with Gasteiger partial charge in [0.25, 0.3) is 5.76 Å². The number of rotatable bonds is 4. The summed E-state index contributed by atoms with van der Waals surface area (Å²) in [6.45, 7) is 0. The van der Waals surface area contributed by atoms with Crippen LogP contribution in [0.5, 0.6) is 0 Å². The number of hydrogen-bond acceptors (Lipinski definition) is 4. The number of aldehydes is 1. The molecule has 3 nitrogen and oxygen atoms in total. The van der Waals surface area contributed by atoms with Gasteiger partial charge in [-0.05, 0) is 18.8 Å². The minimum Gasteiger partial charge on any atom is -0.593 e. The van der Waals surface area contributed by atoms with Crippen LogP contribution in [0.1, 0.15) is 12.8 Å². The van der Waals surface area contributed by atoms with E-state index in [1.807, 2.05) is 36.1 Å². The summed E-state index contributed by atoms with van der Waals surface area (Å²) in [4.78, 5) is 11.8. The van der Waals surface area contributed by atoms with Crippen LogP contribution in [0.3, 0.4) is 0 Å². The van der Waals surface area contributed by atoms with Crippen molar-refractivity contribution in [1.82, 2.24) is 0 Å². The molecule has 3 unspecified atom stereocenters. The minimum atomic E-state index is -1.14. The largest absolute Gasteiger partial charge is 0.593 e. The molecule has 3 atom stereocenters. The summed E-state index contributed by atoms with van der Waals surface area (Å²) in [7, 11) is -1.14. The summed E-state index contributed by atoms with van der Waals surface area (Å²) in [6.07, 6.45) is 11.9.